The summed E-state index contributed by atoms with van der Waals surface area (Å²) in [5, 5.41) is 3.48. The maximum absolute atomic E-state index is 12.7. The molecule has 0 saturated heterocycles. The zero-order chi connectivity index (χ0) is 21.6. The Balaban J connectivity index is 1.64. The fourth-order valence-corrected chi connectivity index (χ4v) is 3.99. The molecule has 0 unspecified atom stereocenters. The van der Waals surface area contributed by atoms with Crippen LogP contribution in [-0.4, -0.2) is 33.7 Å². The molecule has 1 N–H and O–H groups in total. The van der Waals surface area contributed by atoms with E-state index in [1.54, 1.807) is 24.3 Å². The molecule has 0 atom stereocenters. The lowest BCUT2D eigenvalue weighted by Gasteiger charge is -2.08. The van der Waals surface area contributed by atoms with Gasteiger partial charge in [0, 0.05) is 23.8 Å². The Kier molecular flexibility index (Phi) is 7.15. The molecule has 1 aromatic heterocycles. The summed E-state index contributed by atoms with van der Waals surface area (Å²) < 4.78 is 35.0. The van der Waals surface area contributed by atoms with Gasteiger partial charge in [0.2, 0.25) is 0 Å². The molecule has 1 amide bonds. The maximum Gasteiger partial charge on any atom is 0.287 e. The van der Waals surface area contributed by atoms with Crippen LogP contribution in [0.4, 0.5) is 0 Å². The van der Waals surface area contributed by atoms with Crippen molar-refractivity contribution in [3.8, 4) is 5.75 Å². The van der Waals surface area contributed by atoms with Crippen LogP contribution >= 0.6 is 0 Å². The molecule has 2 aromatic carbocycles. The number of hydrogen-bond acceptors (Lipinski definition) is 5. The quantitative estimate of drug-likeness (QED) is 0.490. The van der Waals surface area contributed by atoms with Crippen LogP contribution in [0.5, 0.6) is 5.75 Å². The highest BCUT2D eigenvalue weighted by Crippen LogP contribution is 2.27. The van der Waals surface area contributed by atoms with Gasteiger partial charge in [-0.15, -0.1) is 0 Å². The second-order valence-electron chi connectivity index (χ2n) is 7.33. The molecule has 3 rings (SSSR count). The summed E-state index contributed by atoms with van der Waals surface area (Å²) in [7, 11) is -3.32. The van der Waals surface area contributed by atoms with Gasteiger partial charge in [0.25, 0.3) is 5.91 Å². The predicted molar refractivity (Wildman–Crippen MR) is 118 cm³/mol. The monoisotopic (exact) mass is 429 g/mol. The molecule has 0 spiro atoms. The molecule has 160 valence electrons. The van der Waals surface area contributed by atoms with E-state index in [1.807, 2.05) is 24.3 Å². The van der Waals surface area contributed by atoms with E-state index in [9.17, 15) is 13.2 Å². The summed E-state index contributed by atoms with van der Waals surface area (Å²) in [5.74, 6) is 0.237. The number of sulfone groups is 1. The highest BCUT2D eigenvalue weighted by atomic mass is 32.2. The van der Waals surface area contributed by atoms with Crippen molar-refractivity contribution in [3.05, 3.63) is 65.4 Å². The van der Waals surface area contributed by atoms with Crippen molar-refractivity contribution < 1.29 is 22.4 Å². The van der Waals surface area contributed by atoms with E-state index < -0.39 is 15.7 Å². The number of nitrogens with one attached hydrogen (secondary N) is 1. The Morgan fingerprint density at radius 2 is 1.83 bits per heavy atom. The first kappa shape index (κ1) is 21.9. The summed E-state index contributed by atoms with van der Waals surface area (Å²) in [6.07, 6.45) is 3.90. The lowest BCUT2D eigenvalue weighted by molar-refractivity contribution is 0.0927. The highest BCUT2D eigenvalue weighted by Gasteiger charge is 2.23. The van der Waals surface area contributed by atoms with Crippen LogP contribution in [0.1, 0.15) is 41.4 Å². The van der Waals surface area contributed by atoms with E-state index in [-0.39, 0.29) is 11.5 Å². The predicted octanol–water partition coefficient (Wildman–Crippen LogP) is 4.13. The number of ether oxygens (including phenoxy) is 1. The third-order valence-corrected chi connectivity index (χ3v) is 5.51. The third-order valence-electron chi connectivity index (χ3n) is 4.70. The molecule has 0 aliphatic carbocycles. The molecule has 0 aliphatic rings. The van der Waals surface area contributed by atoms with Gasteiger partial charge in [-0.05, 0) is 36.6 Å². The number of unbranched alkanes of at least 4 members (excludes halogenated alkanes) is 1. The lowest BCUT2D eigenvalue weighted by Crippen LogP contribution is -2.26. The number of rotatable bonds is 10. The number of fused-ring (bicyclic) bond motifs is 1. The summed E-state index contributed by atoms with van der Waals surface area (Å²) in [6.45, 7) is 3.24. The average molecular weight is 430 g/mol. The summed E-state index contributed by atoms with van der Waals surface area (Å²) in [6, 6.07) is 14.9. The third kappa shape index (κ3) is 5.86. The molecule has 7 heteroatoms. The van der Waals surface area contributed by atoms with E-state index in [1.165, 1.54) is 0 Å². The summed E-state index contributed by atoms with van der Waals surface area (Å²) >= 11 is 0. The number of carbonyl (C=O) groups excluding carboxylic acids is 1. The van der Waals surface area contributed by atoms with E-state index in [0.717, 1.165) is 30.4 Å². The van der Waals surface area contributed by atoms with Crippen LogP contribution in [0.3, 0.4) is 0 Å². The Morgan fingerprint density at radius 1 is 1.10 bits per heavy atom. The minimum absolute atomic E-state index is 0.0568. The molecule has 0 bridgehead atoms. The van der Waals surface area contributed by atoms with Crippen LogP contribution in [0.15, 0.2) is 52.9 Å². The number of hydrogen-bond donors (Lipinski definition) is 1. The molecule has 1 heterocycles. The number of amides is 1. The molecule has 0 saturated carbocycles. The van der Waals surface area contributed by atoms with Gasteiger partial charge in [-0.25, -0.2) is 8.42 Å². The summed E-state index contributed by atoms with van der Waals surface area (Å²) in [4.78, 5) is 12.7. The standard InChI is InChI=1S/C23H27NO5S/c1-3-4-15-28-18-11-9-17(10-12-18)13-14-24-23(25)22-20(16-30(2,26)27)19-7-5-6-8-21(19)29-22/h5-12H,3-4,13-16H2,1-2H3,(H,24,25). The molecule has 0 radical (unpaired) electrons. The molecular formula is C23H27NO5S. The second kappa shape index (κ2) is 9.80. The van der Waals surface area contributed by atoms with Crippen molar-refractivity contribution in [3.63, 3.8) is 0 Å². The molecule has 0 aliphatic heterocycles. The van der Waals surface area contributed by atoms with Gasteiger partial charge in [0.15, 0.2) is 15.6 Å². The van der Waals surface area contributed by atoms with Crippen molar-refractivity contribution in [1.29, 1.82) is 0 Å². The number of furan rings is 1. The Morgan fingerprint density at radius 3 is 2.53 bits per heavy atom. The second-order valence-corrected chi connectivity index (χ2v) is 9.47. The minimum Gasteiger partial charge on any atom is -0.494 e. The van der Waals surface area contributed by atoms with Crippen LogP contribution in [0, 0.1) is 0 Å². The number of carbonyl (C=O) groups is 1. The van der Waals surface area contributed by atoms with Gasteiger partial charge in [0.05, 0.1) is 12.4 Å². The van der Waals surface area contributed by atoms with Crippen LogP contribution in [0.25, 0.3) is 11.0 Å². The van der Waals surface area contributed by atoms with Crippen molar-refractivity contribution in [1.82, 2.24) is 5.32 Å². The first-order chi connectivity index (χ1) is 14.4. The zero-order valence-corrected chi connectivity index (χ0v) is 18.1. The van der Waals surface area contributed by atoms with Gasteiger partial charge >= 0.3 is 0 Å². The first-order valence-corrected chi connectivity index (χ1v) is 12.1. The van der Waals surface area contributed by atoms with Crippen molar-refractivity contribution >= 4 is 26.7 Å². The van der Waals surface area contributed by atoms with E-state index >= 15 is 0 Å². The minimum atomic E-state index is -3.32. The van der Waals surface area contributed by atoms with Gasteiger partial charge < -0.3 is 14.5 Å². The number of para-hydroxylation sites is 1. The highest BCUT2D eigenvalue weighted by molar-refractivity contribution is 7.89. The van der Waals surface area contributed by atoms with E-state index in [4.69, 9.17) is 9.15 Å². The molecular weight excluding hydrogens is 402 g/mol. The van der Waals surface area contributed by atoms with Crippen molar-refractivity contribution in [2.24, 2.45) is 0 Å². The Bertz CT molecular complexity index is 1100. The van der Waals surface area contributed by atoms with Crippen molar-refractivity contribution in [2.75, 3.05) is 19.4 Å². The molecule has 3 aromatic rings. The van der Waals surface area contributed by atoms with Gasteiger partial charge in [-0.1, -0.05) is 43.7 Å². The lowest BCUT2D eigenvalue weighted by atomic mass is 10.1. The van der Waals surface area contributed by atoms with Gasteiger partial charge in [-0.3, -0.25) is 4.79 Å². The Labute approximate surface area is 177 Å². The van der Waals surface area contributed by atoms with Gasteiger partial charge in [-0.2, -0.15) is 0 Å². The number of benzene rings is 2. The topological polar surface area (TPSA) is 85.6 Å². The van der Waals surface area contributed by atoms with E-state index in [2.05, 4.69) is 12.2 Å². The van der Waals surface area contributed by atoms with Crippen LogP contribution in [0.2, 0.25) is 0 Å². The maximum atomic E-state index is 12.7. The van der Waals surface area contributed by atoms with Crippen LogP contribution in [-0.2, 0) is 22.0 Å². The fourth-order valence-electron chi connectivity index (χ4n) is 3.18. The van der Waals surface area contributed by atoms with E-state index in [0.29, 0.717) is 36.1 Å². The van der Waals surface area contributed by atoms with Gasteiger partial charge in [0.1, 0.15) is 11.3 Å². The SMILES string of the molecule is CCCCOc1ccc(CCNC(=O)c2oc3ccccc3c2CS(C)(=O)=O)cc1. The molecule has 30 heavy (non-hydrogen) atoms. The first-order valence-electron chi connectivity index (χ1n) is 10.1. The largest absolute Gasteiger partial charge is 0.494 e. The zero-order valence-electron chi connectivity index (χ0n) is 17.3. The average Bonchev–Trinajstić information content (AvgIpc) is 3.06. The fraction of sp³-hybridized carbons (Fsp3) is 0.348. The van der Waals surface area contributed by atoms with Crippen LogP contribution < -0.4 is 10.1 Å². The Hall–Kier alpha value is -2.80. The molecule has 6 nitrogen and oxygen atoms in total. The summed E-state index contributed by atoms with van der Waals surface area (Å²) in [5.41, 5.74) is 1.97. The normalized spacial score (nSPS) is 11.5. The molecule has 0 fully saturated rings. The van der Waals surface area contributed by atoms with Crippen molar-refractivity contribution in [2.45, 2.75) is 31.9 Å². The smallest absolute Gasteiger partial charge is 0.287 e.